The van der Waals surface area contributed by atoms with Gasteiger partial charge in [0.25, 0.3) is 0 Å². The van der Waals surface area contributed by atoms with Gasteiger partial charge >= 0.3 is 0 Å². The highest BCUT2D eigenvalue weighted by molar-refractivity contribution is 5.31. The average Bonchev–Trinajstić information content (AvgIpc) is 2.31. The largest absolute Gasteiger partial charge is 0.472 e. The highest BCUT2D eigenvalue weighted by atomic mass is 16.5. The molecule has 3 heteroatoms. The van der Waals surface area contributed by atoms with E-state index in [0.29, 0.717) is 12.5 Å². The van der Waals surface area contributed by atoms with Crippen LogP contribution in [-0.2, 0) is 11.2 Å². The maximum absolute atomic E-state index is 7.00. The quantitative estimate of drug-likeness (QED) is 0.749. The lowest BCUT2D eigenvalue weighted by Gasteiger charge is -2.12. The summed E-state index contributed by atoms with van der Waals surface area (Å²) >= 11 is 0. The van der Waals surface area contributed by atoms with Crippen molar-refractivity contribution >= 4 is 0 Å². The minimum Gasteiger partial charge on any atom is -0.472 e. The van der Waals surface area contributed by atoms with Gasteiger partial charge in [-0.3, -0.25) is 0 Å². The normalized spacial score (nSPS) is 14.9. The van der Waals surface area contributed by atoms with Crippen LogP contribution in [0.1, 0.15) is 5.56 Å². The molecule has 0 saturated carbocycles. The van der Waals surface area contributed by atoms with Gasteiger partial charge in [-0.1, -0.05) is 36.4 Å². The van der Waals surface area contributed by atoms with E-state index in [1.165, 1.54) is 5.56 Å². The van der Waals surface area contributed by atoms with Gasteiger partial charge < -0.3 is 4.74 Å². The maximum Gasteiger partial charge on any atom is 0.236 e. The molecule has 1 N–H and O–H groups in total. The summed E-state index contributed by atoms with van der Waals surface area (Å²) < 4.78 is 5.25. The molecule has 0 fully saturated rings. The SMILES string of the molecule is N=NC1=C(Cc2ccccc2)C=CCO1. The predicted molar refractivity (Wildman–Crippen MR) is 57.4 cm³/mol. The third-order valence-corrected chi connectivity index (χ3v) is 2.25. The molecule has 1 aliphatic heterocycles. The summed E-state index contributed by atoms with van der Waals surface area (Å²) in [6.45, 7) is 0.510. The fourth-order valence-electron chi connectivity index (χ4n) is 1.54. The Bertz CT molecular complexity index is 407. The maximum atomic E-state index is 7.00. The molecular weight excluding hydrogens is 188 g/mol. The molecule has 0 aromatic heterocycles. The lowest BCUT2D eigenvalue weighted by Crippen LogP contribution is -2.02. The van der Waals surface area contributed by atoms with Gasteiger partial charge in [0, 0.05) is 12.0 Å². The summed E-state index contributed by atoms with van der Waals surface area (Å²) in [6.07, 6.45) is 4.67. The fraction of sp³-hybridized carbons (Fsp3) is 0.167. The van der Waals surface area contributed by atoms with Gasteiger partial charge in [0.05, 0.1) is 0 Å². The van der Waals surface area contributed by atoms with E-state index in [0.717, 1.165) is 12.0 Å². The molecule has 15 heavy (non-hydrogen) atoms. The number of allylic oxidation sites excluding steroid dienone is 2. The summed E-state index contributed by atoms with van der Waals surface area (Å²) in [5.41, 5.74) is 9.16. The average molecular weight is 200 g/mol. The van der Waals surface area contributed by atoms with Gasteiger partial charge in [-0.05, 0) is 11.6 Å². The van der Waals surface area contributed by atoms with Gasteiger partial charge in [-0.25, -0.2) is 5.53 Å². The van der Waals surface area contributed by atoms with E-state index < -0.39 is 0 Å². The molecule has 0 aliphatic carbocycles. The van der Waals surface area contributed by atoms with Crippen molar-refractivity contribution < 1.29 is 4.74 Å². The standard InChI is InChI=1S/C12H12N2O/c13-14-12-11(7-4-8-15-12)9-10-5-2-1-3-6-10/h1-7,13H,8-9H2. The third kappa shape index (κ3) is 2.31. The molecule has 1 aromatic carbocycles. The number of nitrogens with one attached hydrogen (secondary N) is 1. The van der Waals surface area contributed by atoms with Crippen LogP contribution in [0.4, 0.5) is 0 Å². The monoisotopic (exact) mass is 200 g/mol. The Morgan fingerprint density at radius 1 is 1.27 bits per heavy atom. The first-order chi connectivity index (χ1) is 7.40. The van der Waals surface area contributed by atoms with Crippen LogP contribution in [0, 0.1) is 5.53 Å². The minimum absolute atomic E-state index is 0.432. The Morgan fingerprint density at radius 2 is 2.07 bits per heavy atom. The van der Waals surface area contributed by atoms with Crippen LogP contribution in [0.15, 0.2) is 59.1 Å². The molecule has 0 unspecified atom stereocenters. The molecule has 2 rings (SSSR count). The Hall–Kier alpha value is -1.90. The molecule has 0 saturated heterocycles. The van der Waals surface area contributed by atoms with Crippen molar-refractivity contribution in [2.24, 2.45) is 5.11 Å². The first kappa shape index (κ1) is 9.65. The Kier molecular flexibility index (Phi) is 2.93. The van der Waals surface area contributed by atoms with E-state index in [9.17, 15) is 0 Å². The molecular formula is C12H12N2O. The Labute approximate surface area is 88.6 Å². The smallest absolute Gasteiger partial charge is 0.236 e. The molecule has 3 nitrogen and oxygen atoms in total. The van der Waals surface area contributed by atoms with Crippen molar-refractivity contribution in [1.82, 2.24) is 0 Å². The summed E-state index contributed by atoms with van der Waals surface area (Å²) in [5.74, 6) is 0.432. The van der Waals surface area contributed by atoms with Crippen LogP contribution in [0.3, 0.4) is 0 Å². The van der Waals surface area contributed by atoms with Crippen LogP contribution in [0.2, 0.25) is 0 Å². The van der Waals surface area contributed by atoms with Crippen LogP contribution >= 0.6 is 0 Å². The highest BCUT2D eigenvalue weighted by Crippen LogP contribution is 2.18. The summed E-state index contributed by atoms with van der Waals surface area (Å²) in [5, 5.41) is 3.38. The first-order valence-corrected chi connectivity index (χ1v) is 4.84. The molecule has 1 aliphatic rings. The molecule has 1 heterocycles. The zero-order valence-electron chi connectivity index (χ0n) is 8.31. The highest BCUT2D eigenvalue weighted by Gasteiger charge is 2.09. The second-order valence-electron chi connectivity index (χ2n) is 3.32. The van der Waals surface area contributed by atoms with Gasteiger partial charge in [-0.2, -0.15) is 0 Å². The summed E-state index contributed by atoms with van der Waals surface area (Å²) in [4.78, 5) is 0. The molecule has 0 amide bonds. The van der Waals surface area contributed by atoms with Crippen molar-refractivity contribution in [2.45, 2.75) is 6.42 Å². The lowest BCUT2D eigenvalue weighted by molar-refractivity contribution is 0.231. The zero-order chi connectivity index (χ0) is 10.5. The van der Waals surface area contributed by atoms with E-state index in [1.54, 1.807) is 0 Å². The second-order valence-corrected chi connectivity index (χ2v) is 3.32. The number of ether oxygens (including phenoxy) is 1. The van der Waals surface area contributed by atoms with E-state index in [2.05, 4.69) is 17.2 Å². The van der Waals surface area contributed by atoms with Crippen molar-refractivity contribution in [1.29, 1.82) is 5.53 Å². The molecule has 0 bridgehead atoms. The number of hydrogen-bond acceptors (Lipinski definition) is 3. The Balaban J connectivity index is 2.21. The predicted octanol–water partition coefficient (Wildman–Crippen LogP) is 3.06. The molecule has 76 valence electrons. The number of hydrogen-bond donors (Lipinski definition) is 1. The van der Waals surface area contributed by atoms with E-state index in [1.807, 2.05) is 30.4 Å². The Morgan fingerprint density at radius 3 is 2.80 bits per heavy atom. The molecule has 0 radical (unpaired) electrons. The third-order valence-electron chi connectivity index (χ3n) is 2.25. The van der Waals surface area contributed by atoms with Crippen LogP contribution in [-0.4, -0.2) is 6.61 Å². The van der Waals surface area contributed by atoms with Crippen molar-refractivity contribution in [3.05, 3.63) is 59.5 Å². The van der Waals surface area contributed by atoms with Crippen LogP contribution < -0.4 is 0 Å². The molecule has 0 spiro atoms. The fourth-order valence-corrected chi connectivity index (χ4v) is 1.54. The number of nitrogens with zero attached hydrogens (tertiary/aromatic N) is 1. The van der Waals surface area contributed by atoms with Crippen molar-refractivity contribution in [3.63, 3.8) is 0 Å². The minimum atomic E-state index is 0.432. The van der Waals surface area contributed by atoms with Gasteiger partial charge in [0.1, 0.15) is 6.61 Å². The van der Waals surface area contributed by atoms with Gasteiger partial charge in [-0.15, -0.1) is 5.11 Å². The summed E-state index contributed by atoms with van der Waals surface area (Å²) in [6, 6.07) is 10.1. The second kappa shape index (κ2) is 4.55. The van der Waals surface area contributed by atoms with Gasteiger partial charge in [0.2, 0.25) is 5.88 Å². The van der Waals surface area contributed by atoms with Crippen molar-refractivity contribution in [2.75, 3.05) is 6.61 Å². The first-order valence-electron chi connectivity index (χ1n) is 4.84. The number of benzene rings is 1. The zero-order valence-corrected chi connectivity index (χ0v) is 8.31. The molecule has 0 atom stereocenters. The lowest BCUT2D eigenvalue weighted by atomic mass is 10.0. The van der Waals surface area contributed by atoms with Gasteiger partial charge in [0.15, 0.2) is 0 Å². The van der Waals surface area contributed by atoms with Crippen LogP contribution in [0.25, 0.3) is 0 Å². The van der Waals surface area contributed by atoms with E-state index in [-0.39, 0.29) is 0 Å². The van der Waals surface area contributed by atoms with Crippen molar-refractivity contribution in [3.8, 4) is 0 Å². The topological polar surface area (TPSA) is 45.4 Å². The van der Waals surface area contributed by atoms with E-state index >= 15 is 0 Å². The van der Waals surface area contributed by atoms with Crippen LogP contribution in [0.5, 0.6) is 0 Å². The summed E-state index contributed by atoms with van der Waals surface area (Å²) in [7, 11) is 0. The number of rotatable bonds is 3. The molecule has 1 aromatic rings. The van der Waals surface area contributed by atoms with E-state index in [4.69, 9.17) is 10.3 Å².